The summed E-state index contributed by atoms with van der Waals surface area (Å²) in [4.78, 5) is 15.8. The summed E-state index contributed by atoms with van der Waals surface area (Å²) in [5, 5.41) is 12.0. The molecule has 1 aromatic heterocycles. The number of nitriles is 1. The van der Waals surface area contributed by atoms with Crippen LogP contribution in [0, 0.1) is 11.3 Å². The van der Waals surface area contributed by atoms with Crippen molar-refractivity contribution in [3.63, 3.8) is 0 Å². The third kappa shape index (κ3) is 3.95. The van der Waals surface area contributed by atoms with Crippen molar-refractivity contribution in [3.05, 3.63) is 23.5 Å². The lowest BCUT2D eigenvalue weighted by molar-refractivity contribution is -0.152. The predicted octanol–water partition coefficient (Wildman–Crippen LogP) is 2.58. The summed E-state index contributed by atoms with van der Waals surface area (Å²) in [6, 6.07) is 3.94. The van der Waals surface area contributed by atoms with E-state index in [2.05, 4.69) is 10.3 Å². The van der Waals surface area contributed by atoms with Crippen LogP contribution in [0.5, 0.6) is 0 Å². The van der Waals surface area contributed by atoms with Crippen molar-refractivity contribution in [2.75, 3.05) is 11.9 Å². The number of aromatic nitrogens is 1. The fourth-order valence-corrected chi connectivity index (χ4v) is 1.89. The van der Waals surface area contributed by atoms with Gasteiger partial charge in [0, 0.05) is 6.20 Å². The van der Waals surface area contributed by atoms with Gasteiger partial charge in [0.25, 0.3) is 0 Å². The van der Waals surface area contributed by atoms with Gasteiger partial charge in [-0.2, -0.15) is 5.26 Å². The largest absolute Gasteiger partial charge is 0.459 e. The Bertz CT molecular complexity index is 551. The van der Waals surface area contributed by atoms with Gasteiger partial charge in [-0.3, -0.25) is 4.79 Å². The number of hydrogen-bond acceptors (Lipinski definition) is 5. The molecular weight excluding hydrogens is 254 g/mol. The molecule has 1 heterocycles. The molecule has 0 amide bonds. The van der Waals surface area contributed by atoms with Crippen molar-refractivity contribution in [3.8, 4) is 6.07 Å². The van der Waals surface area contributed by atoms with Crippen molar-refractivity contribution in [2.24, 2.45) is 0 Å². The molecule has 0 aromatic carbocycles. The average Bonchev–Trinajstić information content (AvgIpc) is 3.18. The molecule has 1 saturated carbocycles. The molecule has 1 fully saturated rings. The van der Waals surface area contributed by atoms with Crippen LogP contribution in [0.25, 0.3) is 0 Å². The van der Waals surface area contributed by atoms with Gasteiger partial charge < -0.3 is 10.1 Å². The summed E-state index contributed by atoms with van der Waals surface area (Å²) in [5.41, 5.74) is 1.52. The van der Waals surface area contributed by atoms with Crippen molar-refractivity contribution >= 4 is 11.7 Å². The maximum Gasteiger partial charge on any atom is 0.325 e. The minimum Gasteiger partial charge on any atom is -0.459 e. The Labute approximate surface area is 119 Å². The first kappa shape index (κ1) is 14.3. The second-order valence-electron chi connectivity index (χ2n) is 5.99. The number of rotatable bonds is 4. The first-order chi connectivity index (χ1) is 9.39. The molecule has 0 saturated heterocycles. The standard InChI is InChI=1S/C15H19N3O2/c1-15(2,3)20-14(19)9-18-12-6-11(10-4-5-10)8-17-13(12)7-16/h6,8,10,18H,4-5,9H2,1-3H3. The van der Waals surface area contributed by atoms with E-state index in [0.717, 1.165) is 5.56 Å². The second kappa shape index (κ2) is 5.49. The Morgan fingerprint density at radius 2 is 2.25 bits per heavy atom. The van der Waals surface area contributed by atoms with Crippen LogP contribution in [-0.4, -0.2) is 23.1 Å². The SMILES string of the molecule is CC(C)(C)OC(=O)CNc1cc(C2CC2)cnc1C#N. The van der Waals surface area contributed by atoms with E-state index in [4.69, 9.17) is 10.00 Å². The van der Waals surface area contributed by atoms with E-state index in [0.29, 0.717) is 17.3 Å². The van der Waals surface area contributed by atoms with Crippen LogP contribution in [0.1, 0.15) is 50.8 Å². The number of ether oxygens (including phenoxy) is 1. The number of esters is 1. The summed E-state index contributed by atoms with van der Waals surface area (Å²) >= 11 is 0. The number of pyridine rings is 1. The quantitative estimate of drug-likeness (QED) is 0.853. The molecule has 5 nitrogen and oxygen atoms in total. The lowest BCUT2D eigenvalue weighted by atomic mass is 10.1. The van der Waals surface area contributed by atoms with Crippen LogP contribution in [-0.2, 0) is 9.53 Å². The molecule has 0 bridgehead atoms. The molecule has 2 rings (SSSR count). The average molecular weight is 273 g/mol. The Morgan fingerprint density at radius 3 is 2.80 bits per heavy atom. The highest BCUT2D eigenvalue weighted by Crippen LogP contribution is 2.40. The Kier molecular flexibility index (Phi) is 3.93. The van der Waals surface area contributed by atoms with Crippen molar-refractivity contribution in [1.82, 2.24) is 4.98 Å². The summed E-state index contributed by atoms with van der Waals surface area (Å²) in [6.45, 7) is 5.49. The van der Waals surface area contributed by atoms with E-state index in [9.17, 15) is 4.79 Å². The number of anilines is 1. The molecule has 0 radical (unpaired) electrons. The fourth-order valence-electron chi connectivity index (χ4n) is 1.89. The van der Waals surface area contributed by atoms with E-state index in [1.807, 2.05) is 32.9 Å². The van der Waals surface area contributed by atoms with Crippen molar-refractivity contribution < 1.29 is 9.53 Å². The molecule has 1 aliphatic carbocycles. The highest BCUT2D eigenvalue weighted by Gasteiger charge is 2.25. The van der Waals surface area contributed by atoms with E-state index in [1.54, 1.807) is 6.20 Å². The van der Waals surface area contributed by atoms with Gasteiger partial charge in [-0.15, -0.1) is 0 Å². The number of nitrogens with one attached hydrogen (secondary N) is 1. The predicted molar refractivity (Wildman–Crippen MR) is 75.3 cm³/mol. The van der Waals surface area contributed by atoms with Crippen LogP contribution in [0.15, 0.2) is 12.3 Å². The molecule has 20 heavy (non-hydrogen) atoms. The van der Waals surface area contributed by atoms with Gasteiger partial charge in [-0.1, -0.05) is 0 Å². The third-order valence-electron chi connectivity index (χ3n) is 2.91. The zero-order chi connectivity index (χ0) is 14.8. The van der Waals surface area contributed by atoms with Gasteiger partial charge in [-0.25, -0.2) is 4.98 Å². The van der Waals surface area contributed by atoms with Gasteiger partial charge in [0.2, 0.25) is 0 Å². The molecule has 0 atom stereocenters. The summed E-state index contributed by atoms with van der Waals surface area (Å²) in [6.07, 6.45) is 4.08. The van der Waals surface area contributed by atoms with E-state index < -0.39 is 5.60 Å². The summed E-state index contributed by atoms with van der Waals surface area (Å²) < 4.78 is 5.22. The van der Waals surface area contributed by atoms with E-state index >= 15 is 0 Å². The smallest absolute Gasteiger partial charge is 0.325 e. The first-order valence-electron chi connectivity index (χ1n) is 6.75. The molecule has 0 spiro atoms. The van der Waals surface area contributed by atoms with Gasteiger partial charge in [-0.05, 0) is 51.2 Å². The molecule has 1 N–H and O–H groups in total. The molecule has 0 unspecified atom stereocenters. The molecule has 5 heteroatoms. The topological polar surface area (TPSA) is 75.0 Å². The van der Waals surface area contributed by atoms with E-state index in [1.165, 1.54) is 12.8 Å². The number of nitrogens with zero attached hydrogens (tertiary/aromatic N) is 2. The first-order valence-corrected chi connectivity index (χ1v) is 6.75. The van der Waals surface area contributed by atoms with Crippen molar-refractivity contribution in [2.45, 2.75) is 45.1 Å². The Morgan fingerprint density at radius 1 is 1.55 bits per heavy atom. The number of carbonyl (C=O) groups excluding carboxylic acids is 1. The highest BCUT2D eigenvalue weighted by atomic mass is 16.6. The maximum atomic E-state index is 11.7. The van der Waals surface area contributed by atoms with Gasteiger partial charge in [0.05, 0.1) is 5.69 Å². The molecular formula is C15H19N3O2. The minimum absolute atomic E-state index is 0.0295. The van der Waals surface area contributed by atoms with Crippen LogP contribution in [0.2, 0.25) is 0 Å². The molecule has 1 aliphatic rings. The van der Waals surface area contributed by atoms with Gasteiger partial charge in [0.1, 0.15) is 18.2 Å². The maximum absolute atomic E-state index is 11.7. The molecule has 106 valence electrons. The van der Waals surface area contributed by atoms with Crippen LogP contribution < -0.4 is 5.32 Å². The third-order valence-corrected chi connectivity index (χ3v) is 2.91. The molecule has 0 aliphatic heterocycles. The van der Waals surface area contributed by atoms with E-state index in [-0.39, 0.29) is 12.5 Å². The normalized spacial score (nSPS) is 14.5. The van der Waals surface area contributed by atoms with Crippen LogP contribution in [0.3, 0.4) is 0 Å². The van der Waals surface area contributed by atoms with Crippen molar-refractivity contribution in [1.29, 1.82) is 5.26 Å². The number of carbonyl (C=O) groups is 1. The van der Waals surface area contributed by atoms with Crippen LogP contribution in [0.4, 0.5) is 5.69 Å². The minimum atomic E-state index is -0.509. The molecule has 1 aromatic rings. The highest BCUT2D eigenvalue weighted by molar-refractivity contribution is 5.76. The zero-order valence-electron chi connectivity index (χ0n) is 12.1. The second-order valence-corrected chi connectivity index (χ2v) is 5.99. The summed E-state index contributed by atoms with van der Waals surface area (Å²) in [5.74, 6) is 0.204. The lowest BCUT2D eigenvalue weighted by Crippen LogP contribution is -2.28. The zero-order valence-corrected chi connectivity index (χ0v) is 12.1. The fraction of sp³-hybridized carbons (Fsp3) is 0.533. The monoisotopic (exact) mass is 273 g/mol. The van der Waals surface area contributed by atoms with Crippen LogP contribution >= 0.6 is 0 Å². The Hall–Kier alpha value is -2.09. The van der Waals surface area contributed by atoms with Gasteiger partial charge in [0.15, 0.2) is 5.69 Å². The lowest BCUT2D eigenvalue weighted by Gasteiger charge is -2.19. The number of hydrogen-bond donors (Lipinski definition) is 1. The summed E-state index contributed by atoms with van der Waals surface area (Å²) in [7, 11) is 0. The Balaban J connectivity index is 2.02. The van der Waals surface area contributed by atoms with Gasteiger partial charge >= 0.3 is 5.97 Å².